The van der Waals surface area contributed by atoms with Gasteiger partial charge in [-0.25, -0.2) is 0 Å². The van der Waals surface area contributed by atoms with Crippen LogP contribution in [0, 0.1) is 33.5 Å². The standard InChI is InChI=1S/C26H40O4/c1-7-24(4)13-8-10-19-18(24)11-12-20-25(5,14-9-15-26(19,20)6)17-30-21(27)16-23(2,3)22(28)29/h7,10,18,20H,1,8-9,11-17H2,2-6H3,(H,28,29)/t18-,20-,24+,25+,26+/m1/s1. The predicted molar refractivity (Wildman–Crippen MR) is 119 cm³/mol. The van der Waals surface area contributed by atoms with Gasteiger partial charge in [0, 0.05) is 5.41 Å². The second kappa shape index (κ2) is 7.84. The molecule has 0 spiro atoms. The maximum Gasteiger partial charge on any atom is 0.309 e. The molecule has 0 amide bonds. The van der Waals surface area contributed by atoms with Gasteiger partial charge < -0.3 is 9.84 Å². The number of carboxylic acids is 1. The molecule has 4 heteroatoms. The normalized spacial score (nSPS) is 38.6. The van der Waals surface area contributed by atoms with Gasteiger partial charge in [0.05, 0.1) is 18.4 Å². The molecule has 2 fully saturated rings. The van der Waals surface area contributed by atoms with Crippen molar-refractivity contribution in [3.63, 3.8) is 0 Å². The van der Waals surface area contributed by atoms with Crippen molar-refractivity contribution >= 4 is 11.9 Å². The lowest BCUT2D eigenvalue weighted by atomic mass is 9.44. The van der Waals surface area contributed by atoms with Gasteiger partial charge >= 0.3 is 11.9 Å². The fourth-order valence-corrected chi connectivity index (χ4v) is 6.80. The van der Waals surface area contributed by atoms with E-state index in [-0.39, 0.29) is 22.7 Å². The Bertz CT molecular complexity index is 750. The summed E-state index contributed by atoms with van der Waals surface area (Å²) in [5.41, 5.74) is 0.786. The maximum absolute atomic E-state index is 12.4. The highest BCUT2D eigenvalue weighted by Gasteiger charge is 2.56. The second-order valence-corrected chi connectivity index (χ2v) is 11.5. The summed E-state index contributed by atoms with van der Waals surface area (Å²) in [6, 6.07) is 0. The Kier molecular flexibility index (Phi) is 6.03. The zero-order chi connectivity index (χ0) is 22.4. The van der Waals surface area contributed by atoms with Gasteiger partial charge in [-0.3, -0.25) is 9.59 Å². The Balaban J connectivity index is 1.77. The molecule has 2 saturated carbocycles. The van der Waals surface area contributed by atoms with E-state index in [2.05, 4.69) is 39.5 Å². The van der Waals surface area contributed by atoms with Gasteiger partial charge in [0.1, 0.15) is 0 Å². The van der Waals surface area contributed by atoms with Crippen LogP contribution in [-0.2, 0) is 14.3 Å². The summed E-state index contributed by atoms with van der Waals surface area (Å²) in [5.74, 6) is -0.315. The van der Waals surface area contributed by atoms with Crippen LogP contribution in [0.2, 0.25) is 0 Å². The molecule has 3 aliphatic rings. The number of aliphatic carboxylic acids is 1. The minimum atomic E-state index is -1.10. The van der Waals surface area contributed by atoms with Crippen LogP contribution in [0.1, 0.15) is 86.0 Å². The number of carbonyl (C=O) groups is 2. The minimum absolute atomic E-state index is 0.0656. The van der Waals surface area contributed by atoms with E-state index in [1.165, 1.54) is 19.3 Å². The molecular weight excluding hydrogens is 376 g/mol. The molecule has 0 aromatic rings. The summed E-state index contributed by atoms with van der Waals surface area (Å²) >= 11 is 0. The summed E-state index contributed by atoms with van der Waals surface area (Å²) in [5, 5.41) is 9.30. The first-order chi connectivity index (χ1) is 13.9. The fourth-order valence-electron chi connectivity index (χ4n) is 6.80. The number of ether oxygens (including phenoxy) is 1. The Morgan fingerprint density at radius 1 is 1.23 bits per heavy atom. The number of carbonyl (C=O) groups excluding carboxylic acids is 1. The Morgan fingerprint density at radius 2 is 1.93 bits per heavy atom. The minimum Gasteiger partial charge on any atom is -0.481 e. The van der Waals surface area contributed by atoms with Crippen molar-refractivity contribution in [1.82, 2.24) is 0 Å². The average molecular weight is 417 g/mol. The van der Waals surface area contributed by atoms with Crippen LogP contribution in [-0.4, -0.2) is 23.7 Å². The summed E-state index contributed by atoms with van der Waals surface area (Å²) < 4.78 is 5.72. The number of hydrogen-bond acceptors (Lipinski definition) is 3. The van der Waals surface area contributed by atoms with Crippen molar-refractivity contribution in [2.45, 2.75) is 86.0 Å². The first kappa shape index (κ1) is 23.1. The first-order valence-corrected chi connectivity index (χ1v) is 11.6. The SMILES string of the molecule is C=C[C@@]1(C)CCC=C2[C@H]1CC[C@@H]1[C@](C)(COC(=O)CC(C)(C)C(=O)O)CCC[C@@]21C. The van der Waals surface area contributed by atoms with Gasteiger partial charge in [-0.1, -0.05) is 44.9 Å². The second-order valence-electron chi connectivity index (χ2n) is 11.5. The van der Waals surface area contributed by atoms with Gasteiger partial charge in [0.25, 0.3) is 0 Å². The third kappa shape index (κ3) is 3.87. The third-order valence-corrected chi connectivity index (χ3v) is 8.87. The van der Waals surface area contributed by atoms with Crippen molar-refractivity contribution in [2.24, 2.45) is 33.5 Å². The Labute approximate surface area is 182 Å². The van der Waals surface area contributed by atoms with Gasteiger partial charge in [-0.2, -0.15) is 0 Å². The zero-order valence-electron chi connectivity index (χ0n) is 19.6. The third-order valence-electron chi connectivity index (χ3n) is 8.87. The molecule has 5 atom stereocenters. The van der Waals surface area contributed by atoms with Crippen molar-refractivity contribution in [3.05, 3.63) is 24.3 Å². The monoisotopic (exact) mass is 416 g/mol. The van der Waals surface area contributed by atoms with Crippen molar-refractivity contribution < 1.29 is 19.4 Å². The van der Waals surface area contributed by atoms with E-state index in [1.54, 1.807) is 19.4 Å². The van der Waals surface area contributed by atoms with Gasteiger partial charge in [0.15, 0.2) is 0 Å². The Morgan fingerprint density at radius 3 is 2.57 bits per heavy atom. The number of esters is 1. The van der Waals surface area contributed by atoms with Crippen LogP contribution in [0.3, 0.4) is 0 Å². The molecule has 1 N–H and O–H groups in total. The van der Waals surface area contributed by atoms with Crippen molar-refractivity contribution in [2.75, 3.05) is 6.61 Å². The smallest absolute Gasteiger partial charge is 0.309 e. The molecule has 0 heterocycles. The molecule has 168 valence electrons. The number of rotatable bonds is 6. The van der Waals surface area contributed by atoms with E-state index in [1.807, 2.05) is 0 Å². The molecule has 0 bridgehead atoms. The van der Waals surface area contributed by atoms with Crippen molar-refractivity contribution in [1.29, 1.82) is 0 Å². The molecule has 3 rings (SSSR count). The average Bonchev–Trinajstić information content (AvgIpc) is 2.66. The highest BCUT2D eigenvalue weighted by molar-refractivity contribution is 5.81. The summed E-state index contributed by atoms with van der Waals surface area (Å²) in [4.78, 5) is 23.8. The molecule has 3 aliphatic carbocycles. The van der Waals surface area contributed by atoms with Crippen LogP contribution in [0.25, 0.3) is 0 Å². The molecule has 0 aromatic heterocycles. The van der Waals surface area contributed by atoms with Gasteiger partial charge in [-0.15, -0.1) is 6.58 Å². The van der Waals surface area contributed by atoms with Crippen LogP contribution < -0.4 is 0 Å². The lowest BCUT2D eigenvalue weighted by Gasteiger charge is -2.60. The molecule has 0 unspecified atom stereocenters. The predicted octanol–water partition coefficient (Wildman–Crippen LogP) is 6.17. The molecule has 4 nitrogen and oxygen atoms in total. The zero-order valence-corrected chi connectivity index (χ0v) is 19.6. The quantitative estimate of drug-likeness (QED) is 0.416. The number of hydrogen-bond donors (Lipinski definition) is 1. The molecular formula is C26H40O4. The lowest BCUT2D eigenvalue weighted by molar-refractivity contribution is -0.161. The van der Waals surface area contributed by atoms with E-state index in [9.17, 15) is 14.7 Å². The summed E-state index contributed by atoms with van der Waals surface area (Å²) in [7, 11) is 0. The van der Waals surface area contributed by atoms with E-state index in [0.29, 0.717) is 18.4 Å². The maximum atomic E-state index is 12.4. The van der Waals surface area contributed by atoms with Crippen LogP contribution in [0.15, 0.2) is 24.3 Å². The highest BCUT2D eigenvalue weighted by Crippen LogP contribution is 2.65. The molecule has 0 radical (unpaired) electrons. The lowest BCUT2D eigenvalue weighted by Crippen LogP contribution is -2.53. The number of allylic oxidation sites excluding steroid dienone is 3. The summed E-state index contributed by atoms with van der Waals surface area (Å²) in [6.45, 7) is 14.8. The molecule has 30 heavy (non-hydrogen) atoms. The van der Waals surface area contributed by atoms with E-state index in [0.717, 1.165) is 25.7 Å². The van der Waals surface area contributed by atoms with Crippen molar-refractivity contribution in [3.8, 4) is 0 Å². The largest absolute Gasteiger partial charge is 0.481 e. The number of fused-ring (bicyclic) bond motifs is 3. The summed E-state index contributed by atoms with van der Waals surface area (Å²) in [6.07, 6.45) is 12.6. The highest BCUT2D eigenvalue weighted by atomic mass is 16.5. The first-order valence-electron chi connectivity index (χ1n) is 11.6. The molecule has 0 saturated heterocycles. The van der Waals surface area contributed by atoms with Crippen LogP contribution in [0.4, 0.5) is 0 Å². The van der Waals surface area contributed by atoms with Crippen LogP contribution in [0.5, 0.6) is 0 Å². The van der Waals surface area contributed by atoms with E-state index < -0.39 is 17.4 Å². The molecule has 0 aromatic carbocycles. The van der Waals surface area contributed by atoms with Gasteiger partial charge in [0.2, 0.25) is 0 Å². The van der Waals surface area contributed by atoms with Crippen LogP contribution >= 0.6 is 0 Å². The Hall–Kier alpha value is -1.58. The molecule has 0 aliphatic heterocycles. The van der Waals surface area contributed by atoms with E-state index >= 15 is 0 Å². The number of carboxylic acid groups (broad SMARTS) is 1. The van der Waals surface area contributed by atoms with E-state index in [4.69, 9.17) is 4.74 Å². The fraction of sp³-hybridized carbons (Fsp3) is 0.769. The topological polar surface area (TPSA) is 63.6 Å². The van der Waals surface area contributed by atoms with Gasteiger partial charge in [-0.05, 0) is 75.0 Å².